The molecular weight excluding hydrogens is 138 g/mol. The molecule has 0 aliphatic heterocycles. The van der Waals surface area contributed by atoms with Gasteiger partial charge in [0.2, 0.25) is 5.91 Å². The first-order valence-electron chi connectivity index (χ1n) is 3.87. The number of allylic oxidation sites excluding steroid dienone is 3. The van der Waals surface area contributed by atoms with E-state index in [9.17, 15) is 4.79 Å². The Kier molecular flexibility index (Phi) is 5.17. The predicted octanol–water partition coefficient (Wildman–Crippen LogP) is 1.77. The Balaban J connectivity index is 4.12. The fraction of sp³-hybridized carbons (Fsp3) is 0.444. The van der Waals surface area contributed by atoms with Crippen molar-refractivity contribution in [1.29, 1.82) is 0 Å². The van der Waals surface area contributed by atoms with E-state index in [0.29, 0.717) is 12.0 Å². The van der Waals surface area contributed by atoms with E-state index in [1.807, 2.05) is 26.0 Å². The molecule has 0 radical (unpaired) electrons. The predicted molar refractivity (Wildman–Crippen MR) is 47.0 cm³/mol. The number of amides is 1. The molecule has 2 N–H and O–H groups in total. The smallest absolute Gasteiger partial charge is 0.244 e. The number of hydrogen-bond acceptors (Lipinski definition) is 1. The number of hydrogen-bond donors (Lipinski definition) is 1. The molecule has 0 spiro atoms. The van der Waals surface area contributed by atoms with Crippen molar-refractivity contribution in [2.45, 2.75) is 26.7 Å². The summed E-state index contributed by atoms with van der Waals surface area (Å²) in [5.41, 5.74) is 5.76. The number of carbonyl (C=O) groups is 1. The van der Waals surface area contributed by atoms with Crippen LogP contribution in [0, 0.1) is 0 Å². The van der Waals surface area contributed by atoms with E-state index in [4.69, 9.17) is 5.73 Å². The summed E-state index contributed by atoms with van der Waals surface area (Å²) < 4.78 is 0. The van der Waals surface area contributed by atoms with E-state index in [0.717, 1.165) is 6.42 Å². The number of rotatable bonds is 4. The van der Waals surface area contributed by atoms with Crippen molar-refractivity contribution >= 4 is 5.91 Å². The van der Waals surface area contributed by atoms with Crippen molar-refractivity contribution in [2.24, 2.45) is 5.73 Å². The van der Waals surface area contributed by atoms with Crippen LogP contribution in [0.4, 0.5) is 0 Å². The van der Waals surface area contributed by atoms with Crippen LogP contribution in [0.25, 0.3) is 0 Å². The zero-order valence-electron chi connectivity index (χ0n) is 7.13. The molecule has 1 amide bonds. The molecule has 0 rings (SSSR count). The molecule has 0 saturated carbocycles. The van der Waals surface area contributed by atoms with Crippen LogP contribution >= 0.6 is 0 Å². The molecule has 0 saturated heterocycles. The van der Waals surface area contributed by atoms with Gasteiger partial charge in [-0.1, -0.05) is 32.1 Å². The molecule has 0 aromatic rings. The van der Waals surface area contributed by atoms with Crippen LogP contribution < -0.4 is 5.73 Å². The second kappa shape index (κ2) is 5.71. The summed E-state index contributed by atoms with van der Waals surface area (Å²) in [5, 5.41) is 0. The highest BCUT2D eigenvalue weighted by Crippen LogP contribution is 1.99. The average molecular weight is 153 g/mol. The van der Waals surface area contributed by atoms with E-state index < -0.39 is 0 Å². The van der Waals surface area contributed by atoms with Gasteiger partial charge in [-0.2, -0.15) is 0 Å². The molecular formula is C9H15NO. The molecule has 0 heterocycles. The second-order valence-corrected chi connectivity index (χ2v) is 2.25. The lowest BCUT2D eigenvalue weighted by Crippen LogP contribution is -2.12. The van der Waals surface area contributed by atoms with Crippen LogP contribution in [0.2, 0.25) is 0 Å². The third-order valence-corrected chi connectivity index (χ3v) is 1.37. The maximum absolute atomic E-state index is 10.6. The molecule has 62 valence electrons. The summed E-state index contributed by atoms with van der Waals surface area (Å²) in [5.74, 6) is -0.326. The average Bonchev–Trinajstić information content (AvgIpc) is 1.97. The van der Waals surface area contributed by atoms with Crippen molar-refractivity contribution in [2.75, 3.05) is 0 Å². The normalized spacial score (nSPS) is 12.4. The van der Waals surface area contributed by atoms with Gasteiger partial charge in [-0.05, 0) is 12.8 Å². The van der Waals surface area contributed by atoms with Crippen molar-refractivity contribution < 1.29 is 4.79 Å². The van der Waals surface area contributed by atoms with E-state index in [-0.39, 0.29) is 5.91 Å². The largest absolute Gasteiger partial charge is 0.366 e. The van der Waals surface area contributed by atoms with Gasteiger partial charge in [-0.25, -0.2) is 0 Å². The Morgan fingerprint density at radius 1 is 1.45 bits per heavy atom. The van der Waals surface area contributed by atoms with Crippen LogP contribution in [-0.2, 0) is 4.79 Å². The topological polar surface area (TPSA) is 43.1 Å². The van der Waals surface area contributed by atoms with E-state index >= 15 is 0 Å². The molecule has 0 fully saturated rings. The minimum absolute atomic E-state index is 0.326. The summed E-state index contributed by atoms with van der Waals surface area (Å²) in [6.45, 7) is 3.95. The number of carbonyl (C=O) groups excluding carboxylic acids is 1. The van der Waals surface area contributed by atoms with E-state index in [1.54, 1.807) is 6.08 Å². The maximum atomic E-state index is 10.6. The monoisotopic (exact) mass is 153 g/mol. The van der Waals surface area contributed by atoms with E-state index in [2.05, 4.69) is 0 Å². The Hall–Kier alpha value is -1.05. The Bertz CT molecular complexity index is 180. The van der Waals surface area contributed by atoms with Gasteiger partial charge < -0.3 is 5.73 Å². The zero-order valence-corrected chi connectivity index (χ0v) is 7.13. The van der Waals surface area contributed by atoms with Crippen molar-refractivity contribution in [3.05, 3.63) is 23.8 Å². The summed E-state index contributed by atoms with van der Waals surface area (Å²) >= 11 is 0. The fourth-order valence-corrected chi connectivity index (χ4v) is 0.694. The van der Waals surface area contributed by atoms with Gasteiger partial charge in [0.1, 0.15) is 0 Å². The Morgan fingerprint density at radius 3 is 2.45 bits per heavy atom. The lowest BCUT2D eigenvalue weighted by molar-refractivity contribution is -0.114. The van der Waals surface area contributed by atoms with Gasteiger partial charge in [0.25, 0.3) is 0 Å². The molecule has 0 atom stereocenters. The molecule has 0 unspecified atom stereocenters. The molecule has 0 aliphatic carbocycles. The summed E-state index contributed by atoms with van der Waals surface area (Å²) in [7, 11) is 0. The van der Waals surface area contributed by atoms with Gasteiger partial charge in [0.05, 0.1) is 0 Å². The molecule has 2 nitrogen and oxygen atoms in total. The molecule has 11 heavy (non-hydrogen) atoms. The van der Waals surface area contributed by atoms with Gasteiger partial charge in [0, 0.05) is 5.57 Å². The number of primary amides is 1. The highest BCUT2D eigenvalue weighted by atomic mass is 16.1. The van der Waals surface area contributed by atoms with Crippen LogP contribution in [0.5, 0.6) is 0 Å². The SMILES string of the molecule is CC/C=C\C=C(/CC)C(N)=O. The lowest BCUT2D eigenvalue weighted by atomic mass is 10.2. The molecule has 0 aromatic carbocycles. The minimum atomic E-state index is -0.326. The molecule has 0 aliphatic rings. The lowest BCUT2D eigenvalue weighted by Gasteiger charge is -1.94. The molecule has 0 aromatic heterocycles. The van der Waals surface area contributed by atoms with Crippen LogP contribution in [0.1, 0.15) is 26.7 Å². The summed E-state index contributed by atoms with van der Waals surface area (Å²) in [6, 6.07) is 0. The van der Waals surface area contributed by atoms with Crippen molar-refractivity contribution in [1.82, 2.24) is 0 Å². The Labute approximate surface area is 67.8 Å². The maximum Gasteiger partial charge on any atom is 0.244 e. The van der Waals surface area contributed by atoms with Gasteiger partial charge >= 0.3 is 0 Å². The molecule has 0 bridgehead atoms. The van der Waals surface area contributed by atoms with Gasteiger partial charge in [-0.3, -0.25) is 4.79 Å². The third-order valence-electron chi connectivity index (χ3n) is 1.37. The van der Waals surface area contributed by atoms with Gasteiger partial charge in [-0.15, -0.1) is 0 Å². The first-order chi connectivity index (χ1) is 5.22. The minimum Gasteiger partial charge on any atom is -0.366 e. The quantitative estimate of drug-likeness (QED) is 0.485. The van der Waals surface area contributed by atoms with E-state index in [1.165, 1.54) is 0 Å². The Morgan fingerprint density at radius 2 is 2.09 bits per heavy atom. The highest BCUT2D eigenvalue weighted by Gasteiger charge is 1.97. The van der Waals surface area contributed by atoms with Crippen molar-refractivity contribution in [3.63, 3.8) is 0 Å². The van der Waals surface area contributed by atoms with Crippen molar-refractivity contribution in [3.8, 4) is 0 Å². The zero-order chi connectivity index (χ0) is 8.69. The molecule has 2 heteroatoms. The van der Waals surface area contributed by atoms with Crippen LogP contribution in [0.15, 0.2) is 23.8 Å². The first-order valence-corrected chi connectivity index (χ1v) is 3.87. The summed E-state index contributed by atoms with van der Waals surface area (Å²) in [4.78, 5) is 10.6. The van der Waals surface area contributed by atoms with Crippen LogP contribution in [-0.4, -0.2) is 5.91 Å². The second-order valence-electron chi connectivity index (χ2n) is 2.25. The third kappa shape index (κ3) is 4.37. The van der Waals surface area contributed by atoms with Crippen LogP contribution in [0.3, 0.4) is 0 Å². The first kappa shape index (κ1) is 9.95. The van der Waals surface area contributed by atoms with Gasteiger partial charge in [0.15, 0.2) is 0 Å². The summed E-state index contributed by atoms with van der Waals surface area (Å²) in [6.07, 6.45) is 7.30. The standard InChI is InChI=1S/C9H15NO/c1-3-5-6-7-8(4-2)9(10)11/h5-7H,3-4H2,1-2H3,(H2,10,11)/b6-5-,8-7+. The highest BCUT2D eigenvalue weighted by molar-refractivity contribution is 5.92. The fourth-order valence-electron chi connectivity index (χ4n) is 0.694. The number of nitrogens with two attached hydrogens (primary N) is 1.